The average Bonchev–Trinajstić information content (AvgIpc) is 2.72. The van der Waals surface area contributed by atoms with Gasteiger partial charge in [-0.25, -0.2) is 4.39 Å². The van der Waals surface area contributed by atoms with Crippen LogP contribution in [0.15, 0.2) is 71.1 Å². The quantitative estimate of drug-likeness (QED) is 0.826. The summed E-state index contributed by atoms with van der Waals surface area (Å²) < 4.78 is 19.1. The zero-order chi connectivity index (χ0) is 20.5. The Bertz CT molecular complexity index is 1080. The van der Waals surface area contributed by atoms with Crippen LogP contribution in [0.3, 0.4) is 0 Å². The number of carbonyl (C=O) groups is 1. The molecular weight excluding hydrogens is 367 g/mol. The minimum atomic E-state index is -0.531. The lowest BCUT2D eigenvalue weighted by Gasteiger charge is -2.35. The number of ether oxygens (including phenoxy) is 1. The number of halogens is 1. The van der Waals surface area contributed by atoms with Crippen LogP contribution in [-0.2, 0) is 4.79 Å². The third-order valence-electron chi connectivity index (χ3n) is 5.72. The molecule has 0 amide bonds. The normalized spacial score (nSPS) is 21.4. The van der Waals surface area contributed by atoms with E-state index in [1.165, 1.54) is 12.1 Å². The summed E-state index contributed by atoms with van der Waals surface area (Å²) in [6.45, 7) is 1.83. The van der Waals surface area contributed by atoms with Crippen LogP contribution in [0, 0.1) is 17.1 Å². The lowest BCUT2D eigenvalue weighted by Crippen LogP contribution is -2.33. The van der Waals surface area contributed by atoms with Gasteiger partial charge in [0.15, 0.2) is 5.78 Å². The van der Waals surface area contributed by atoms with E-state index in [1.54, 1.807) is 19.2 Å². The minimum absolute atomic E-state index is 0.00548. The molecule has 0 radical (unpaired) electrons. The molecule has 0 spiro atoms. The number of hydrogen-bond donors (Lipinski definition) is 1. The number of allylic oxidation sites excluding steroid dienone is 4. The van der Waals surface area contributed by atoms with Crippen molar-refractivity contribution in [2.45, 2.75) is 31.6 Å². The first kappa shape index (κ1) is 18.9. The summed E-state index contributed by atoms with van der Waals surface area (Å²) in [7, 11) is 1.62. The fourth-order valence-electron chi connectivity index (χ4n) is 4.32. The Labute approximate surface area is 169 Å². The second kappa shape index (κ2) is 7.56. The molecule has 2 aliphatic rings. The number of nitriles is 1. The van der Waals surface area contributed by atoms with Crippen LogP contribution >= 0.6 is 0 Å². The summed E-state index contributed by atoms with van der Waals surface area (Å²) in [6, 6.07) is 16.2. The van der Waals surface area contributed by atoms with Gasteiger partial charge in [0.25, 0.3) is 0 Å². The molecule has 0 bridgehead atoms. The molecule has 1 aliphatic heterocycles. The van der Waals surface area contributed by atoms with Gasteiger partial charge in [-0.3, -0.25) is 4.79 Å². The number of nitrogens with zero attached hydrogens (tertiary/aromatic N) is 1. The van der Waals surface area contributed by atoms with Crippen LogP contribution in [0.4, 0.5) is 4.39 Å². The Hall–Kier alpha value is -3.39. The SMILES string of the molecule is COc1ccc(C2CC(=O)C3=C(C2)NC(C)=C(C#N)C3c2cccc(F)c2)cc1. The first-order valence-corrected chi connectivity index (χ1v) is 9.55. The molecule has 2 atom stereocenters. The summed E-state index contributed by atoms with van der Waals surface area (Å²) in [5, 5.41) is 13.0. The van der Waals surface area contributed by atoms with Gasteiger partial charge < -0.3 is 10.1 Å². The predicted octanol–water partition coefficient (Wildman–Crippen LogP) is 4.72. The van der Waals surface area contributed by atoms with Crippen molar-refractivity contribution in [1.82, 2.24) is 5.32 Å². The predicted molar refractivity (Wildman–Crippen MR) is 108 cm³/mol. The molecule has 0 saturated carbocycles. The Balaban J connectivity index is 1.75. The van der Waals surface area contributed by atoms with Crippen molar-refractivity contribution in [2.24, 2.45) is 0 Å². The highest BCUT2D eigenvalue weighted by Gasteiger charge is 2.39. The number of methoxy groups -OCH3 is 1. The number of benzene rings is 2. The van der Waals surface area contributed by atoms with Crippen molar-refractivity contribution >= 4 is 5.78 Å². The average molecular weight is 388 g/mol. The topological polar surface area (TPSA) is 62.1 Å². The van der Waals surface area contributed by atoms with E-state index in [9.17, 15) is 14.4 Å². The summed E-state index contributed by atoms with van der Waals surface area (Å²) in [6.07, 6.45) is 1.02. The van der Waals surface area contributed by atoms with E-state index in [2.05, 4.69) is 11.4 Å². The lowest BCUT2D eigenvalue weighted by atomic mass is 9.72. The molecular formula is C24H21FN2O2. The first-order chi connectivity index (χ1) is 14.0. The molecule has 0 saturated heterocycles. The first-order valence-electron chi connectivity index (χ1n) is 9.55. The van der Waals surface area contributed by atoms with E-state index in [1.807, 2.05) is 31.2 Å². The Morgan fingerprint density at radius 3 is 2.55 bits per heavy atom. The van der Waals surface area contributed by atoms with Crippen LogP contribution in [0.1, 0.15) is 42.7 Å². The van der Waals surface area contributed by atoms with Crippen LogP contribution in [0.5, 0.6) is 5.75 Å². The highest BCUT2D eigenvalue weighted by atomic mass is 19.1. The molecule has 4 nitrogen and oxygen atoms in total. The van der Waals surface area contributed by atoms with Crippen LogP contribution in [0.2, 0.25) is 0 Å². The molecule has 4 rings (SSSR count). The van der Waals surface area contributed by atoms with E-state index < -0.39 is 5.92 Å². The molecule has 0 aromatic heterocycles. The maximum atomic E-state index is 13.9. The van der Waals surface area contributed by atoms with Gasteiger partial charge in [0.1, 0.15) is 11.6 Å². The summed E-state index contributed by atoms with van der Waals surface area (Å²) in [5.41, 5.74) is 4.29. The molecule has 0 fully saturated rings. The number of ketones is 1. The van der Waals surface area contributed by atoms with Gasteiger partial charge in [-0.2, -0.15) is 5.26 Å². The number of hydrogen-bond acceptors (Lipinski definition) is 4. The molecule has 2 aromatic carbocycles. The maximum Gasteiger partial charge on any atom is 0.162 e. The van der Waals surface area contributed by atoms with E-state index in [4.69, 9.17) is 4.74 Å². The molecule has 1 aliphatic carbocycles. The van der Waals surface area contributed by atoms with Gasteiger partial charge in [-0.1, -0.05) is 24.3 Å². The molecule has 2 unspecified atom stereocenters. The fourth-order valence-corrected chi connectivity index (χ4v) is 4.32. The third-order valence-corrected chi connectivity index (χ3v) is 5.72. The number of rotatable bonds is 3. The largest absolute Gasteiger partial charge is 0.497 e. The number of nitrogens with one attached hydrogen (secondary N) is 1. The van der Waals surface area contributed by atoms with Crippen molar-refractivity contribution < 1.29 is 13.9 Å². The van der Waals surface area contributed by atoms with E-state index in [0.717, 1.165) is 17.0 Å². The maximum absolute atomic E-state index is 13.9. The molecule has 2 aromatic rings. The monoisotopic (exact) mass is 388 g/mol. The zero-order valence-corrected chi connectivity index (χ0v) is 16.3. The van der Waals surface area contributed by atoms with E-state index in [-0.39, 0.29) is 17.5 Å². The molecule has 5 heteroatoms. The van der Waals surface area contributed by atoms with Gasteiger partial charge in [-0.15, -0.1) is 0 Å². The fraction of sp³-hybridized carbons (Fsp3) is 0.250. The van der Waals surface area contributed by atoms with Gasteiger partial charge in [0.2, 0.25) is 0 Å². The third kappa shape index (κ3) is 3.42. The summed E-state index contributed by atoms with van der Waals surface area (Å²) in [5.74, 6) is -0.0951. The number of dihydropyridines is 1. The highest BCUT2D eigenvalue weighted by molar-refractivity contribution is 6.00. The smallest absolute Gasteiger partial charge is 0.162 e. The molecule has 1 heterocycles. The van der Waals surface area contributed by atoms with E-state index in [0.29, 0.717) is 35.2 Å². The Kier molecular flexibility index (Phi) is 4.94. The molecule has 29 heavy (non-hydrogen) atoms. The molecule has 1 N–H and O–H groups in total. The second-order valence-electron chi connectivity index (χ2n) is 7.46. The van der Waals surface area contributed by atoms with Gasteiger partial charge in [0, 0.05) is 23.4 Å². The second-order valence-corrected chi connectivity index (χ2v) is 7.46. The number of Topliss-reactive ketones (excluding diaryl/α,β-unsaturated/α-hetero) is 1. The summed E-state index contributed by atoms with van der Waals surface area (Å²) >= 11 is 0. The highest BCUT2D eigenvalue weighted by Crippen LogP contribution is 2.45. The van der Waals surface area contributed by atoms with Crippen molar-refractivity contribution in [3.8, 4) is 11.8 Å². The van der Waals surface area contributed by atoms with Crippen molar-refractivity contribution in [3.05, 3.63) is 88.0 Å². The number of carbonyl (C=O) groups excluding carboxylic acids is 1. The van der Waals surface area contributed by atoms with E-state index >= 15 is 0 Å². The Morgan fingerprint density at radius 1 is 1.14 bits per heavy atom. The minimum Gasteiger partial charge on any atom is -0.497 e. The van der Waals surface area contributed by atoms with Crippen molar-refractivity contribution in [2.75, 3.05) is 7.11 Å². The van der Waals surface area contributed by atoms with Gasteiger partial charge in [0.05, 0.1) is 24.7 Å². The molecule has 146 valence electrons. The van der Waals surface area contributed by atoms with Gasteiger partial charge in [-0.05, 0) is 54.7 Å². The van der Waals surface area contributed by atoms with Gasteiger partial charge >= 0.3 is 0 Å². The van der Waals surface area contributed by atoms with Crippen molar-refractivity contribution in [1.29, 1.82) is 5.26 Å². The van der Waals surface area contributed by atoms with Crippen LogP contribution < -0.4 is 10.1 Å². The van der Waals surface area contributed by atoms with Crippen LogP contribution in [-0.4, -0.2) is 12.9 Å². The Morgan fingerprint density at radius 2 is 1.90 bits per heavy atom. The summed E-state index contributed by atoms with van der Waals surface area (Å²) in [4.78, 5) is 13.2. The zero-order valence-electron chi connectivity index (χ0n) is 16.3. The van der Waals surface area contributed by atoms with Crippen molar-refractivity contribution in [3.63, 3.8) is 0 Å². The standard InChI is InChI=1S/C24H21FN2O2/c1-14-20(13-26)23(16-4-3-5-18(25)10-16)24-21(27-14)11-17(12-22(24)28)15-6-8-19(29-2)9-7-15/h3-10,17,23,27H,11-12H2,1-2H3. The lowest BCUT2D eigenvalue weighted by molar-refractivity contribution is -0.116. The van der Waals surface area contributed by atoms with Crippen LogP contribution in [0.25, 0.3) is 0 Å².